The minimum absolute atomic E-state index is 0.845. The first-order valence-corrected chi connectivity index (χ1v) is 20.5. The van der Waals surface area contributed by atoms with Crippen molar-refractivity contribution < 1.29 is 139 Å². The number of carboxylic acids is 1. The second-order valence-corrected chi connectivity index (χ2v) is 16.3. The minimum atomic E-state index is -2.87. The Labute approximate surface area is 368 Å². The van der Waals surface area contributed by atoms with Crippen LogP contribution in [0.1, 0.15) is 13.3 Å². The lowest BCUT2D eigenvalue weighted by molar-refractivity contribution is -0.385. The number of nitrogens with zero attached hydrogens (tertiary/aromatic N) is 1. The van der Waals surface area contributed by atoms with Crippen LogP contribution in [-0.4, -0.2) is 292 Å². The topological polar surface area (TPSA) is 466 Å². The highest BCUT2D eigenvalue weighted by atomic mass is 16.8. The molecular formula is C36H61NO28. The van der Waals surface area contributed by atoms with Gasteiger partial charge in [-0.25, -0.2) is 9.79 Å². The number of aliphatic hydroxyl groups is 16. The Bertz CT molecular complexity index is 1520. The highest BCUT2D eigenvalue weighted by Gasteiger charge is 2.58. The van der Waals surface area contributed by atoms with Crippen LogP contribution in [0.5, 0.6) is 0 Å². The molecule has 0 aromatic rings. The maximum Gasteiger partial charge on any atom is 0.364 e. The Hall–Kier alpha value is -2.06. The average Bonchev–Trinajstić information content (AvgIpc) is 3.29. The van der Waals surface area contributed by atoms with Crippen molar-refractivity contribution in [2.75, 3.05) is 40.1 Å². The standard InChI is InChI=1S/C36H61NO28/c1-10-18(44)27(15(7-41)60-32(10)64-30-21(47)13(5-39)59-34(26(30)52)63-28-14(6-40)58-31(53)24(50)23(28)49)62-33-25(51)22(48)20(46)16(61-33)8-57-36(35(54)55)3-11(42)17(37-9-56-2)29(65-36)19(45)12(43)4-38/h9-34,38-53H,3-8H2,1-2H3,(H,54,55). The van der Waals surface area contributed by atoms with Crippen molar-refractivity contribution in [3.8, 4) is 0 Å². The van der Waals surface area contributed by atoms with E-state index in [1.165, 1.54) is 14.0 Å². The third kappa shape index (κ3) is 11.4. The van der Waals surface area contributed by atoms with Crippen molar-refractivity contribution in [3.63, 3.8) is 0 Å². The fraction of sp³-hybridized carbons (Fsp3) is 0.944. The minimum Gasteiger partial charge on any atom is -0.487 e. The molecule has 5 heterocycles. The molecule has 5 fully saturated rings. The Kier molecular flexibility index (Phi) is 19.1. The van der Waals surface area contributed by atoms with Gasteiger partial charge in [0, 0.05) is 12.3 Å². The number of methoxy groups -OCH3 is 1. The zero-order chi connectivity index (χ0) is 48.2. The molecule has 0 bridgehead atoms. The van der Waals surface area contributed by atoms with E-state index in [4.69, 9.17) is 47.4 Å². The van der Waals surface area contributed by atoms with Crippen LogP contribution in [0, 0.1) is 5.92 Å². The third-order valence-corrected chi connectivity index (χ3v) is 12.0. The summed E-state index contributed by atoms with van der Waals surface area (Å²) in [6.45, 7) is -3.40. The SMILES string of the molecule is COC=NC1C(O)CC(OCC2OC(OC3C(CO)OC(OC4C(O)C(CO)OC(OC5C(CO)OC(O)C(O)C5O)C4O)C(C)C3O)C(O)C(O)C2O)(C(=O)O)OC1C(O)C(O)CO. The number of aliphatic carboxylic acids is 1. The predicted octanol–water partition coefficient (Wildman–Crippen LogP) is -10.8. The third-order valence-electron chi connectivity index (χ3n) is 12.0. The normalized spacial score (nSPS) is 48.5. The number of ether oxygens (including phenoxy) is 10. The molecule has 17 N–H and O–H groups in total. The molecule has 26 atom stereocenters. The number of hydrogen-bond acceptors (Lipinski definition) is 28. The van der Waals surface area contributed by atoms with Crippen LogP contribution in [0.4, 0.5) is 0 Å². The smallest absolute Gasteiger partial charge is 0.364 e. The highest BCUT2D eigenvalue weighted by Crippen LogP contribution is 2.38. The molecule has 5 aliphatic rings. The maximum atomic E-state index is 12.7. The Morgan fingerprint density at radius 3 is 1.82 bits per heavy atom. The van der Waals surface area contributed by atoms with Crippen LogP contribution < -0.4 is 0 Å². The number of aliphatic hydroxyl groups excluding tert-OH is 16. The fourth-order valence-electron chi connectivity index (χ4n) is 8.09. The molecule has 5 saturated heterocycles. The summed E-state index contributed by atoms with van der Waals surface area (Å²) in [5.74, 6) is -5.98. The maximum absolute atomic E-state index is 12.7. The number of carbonyl (C=O) groups is 1. The van der Waals surface area contributed by atoms with Crippen LogP contribution >= 0.6 is 0 Å². The van der Waals surface area contributed by atoms with Crippen LogP contribution in [0.15, 0.2) is 4.99 Å². The molecule has 0 aromatic carbocycles. The molecular weight excluding hydrogens is 894 g/mol. The molecule has 5 aliphatic heterocycles. The number of rotatable bonds is 18. The van der Waals surface area contributed by atoms with Crippen LogP contribution in [0.3, 0.4) is 0 Å². The fourth-order valence-corrected chi connectivity index (χ4v) is 8.09. The van der Waals surface area contributed by atoms with Gasteiger partial charge in [-0.15, -0.1) is 0 Å². The summed E-state index contributed by atoms with van der Waals surface area (Å²) >= 11 is 0. The van der Waals surface area contributed by atoms with Gasteiger partial charge in [0.1, 0.15) is 110 Å². The Morgan fingerprint density at radius 2 is 1.23 bits per heavy atom. The van der Waals surface area contributed by atoms with E-state index in [0.717, 1.165) is 6.40 Å². The second-order valence-electron chi connectivity index (χ2n) is 16.3. The van der Waals surface area contributed by atoms with Gasteiger partial charge in [0.25, 0.3) is 5.79 Å². The van der Waals surface area contributed by atoms with Crippen LogP contribution in [-0.2, 0) is 52.2 Å². The Morgan fingerprint density at radius 1 is 0.677 bits per heavy atom. The molecule has 0 spiro atoms. The molecule has 0 radical (unpaired) electrons. The van der Waals surface area contributed by atoms with E-state index in [9.17, 15) is 91.6 Å². The van der Waals surface area contributed by atoms with Crippen molar-refractivity contribution in [1.29, 1.82) is 0 Å². The summed E-state index contributed by atoms with van der Waals surface area (Å²) in [5.41, 5.74) is 0. The molecule has 29 nitrogen and oxygen atoms in total. The summed E-state index contributed by atoms with van der Waals surface area (Å²) in [5, 5.41) is 178. The molecule has 65 heavy (non-hydrogen) atoms. The van der Waals surface area contributed by atoms with Gasteiger partial charge in [-0.1, -0.05) is 6.92 Å². The molecule has 5 rings (SSSR count). The van der Waals surface area contributed by atoms with E-state index >= 15 is 0 Å². The quantitative estimate of drug-likeness (QED) is 0.0448. The van der Waals surface area contributed by atoms with Gasteiger partial charge < -0.3 is 134 Å². The van der Waals surface area contributed by atoms with Crippen LogP contribution in [0.25, 0.3) is 0 Å². The Balaban J connectivity index is 1.29. The van der Waals surface area contributed by atoms with Gasteiger partial charge in [0.2, 0.25) is 0 Å². The van der Waals surface area contributed by atoms with E-state index < -0.39 is 204 Å². The highest BCUT2D eigenvalue weighted by molar-refractivity contribution is 5.76. The number of hydrogen-bond donors (Lipinski definition) is 17. The monoisotopic (exact) mass is 955 g/mol. The lowest BCUT2D eigenvalue weighted by Crippen LogP contribution is -2.67. The zero-order valence-corrected chi connectivity index (χ0v) is 34.8. The van der Waals surface area contributed by atoms with E-state index in [0.29, 0.717) is 0 Å². The number of carboxylic acid groups (broad SMARTS) is 1. The summed E-state index contributed by atoms with van der Waals surface area (Å²) < 4.78 is 55.2. The molecule has 378 valence electrons. The predicted molar refractivity (Wildman–Crippen MR) is 200 cm³/mol. The number of aliphatic imine (C=N–C) groups is 1. The lowest BCUT2D eigenvalue weighted by atomic mass is 9.89. The average molecular weight is 956 g/mol. The van der Waals surface area contributed by atoms with Crippen molar-refractivity contribution in [2.45, 2.75) is 166 Å². The van der Waals surface area contributed by atoms with E-state index in [2.05, 4.69) is 4.99 Å². The van der Waals surface area contributed by atoms with Crippen molar-refractivity contribution in [1.82, 2.24) is 0 Å². The van der Waals surface area contributed by atoms with Gasteiger partial charge in [-0.2, -0.15) is 0 Å². The van der Waals surface area contributed by atoms with Crippen molar-refractivity contribution in [3.05, 3.63) is 0 Å². The lowest BCUT2D eigenvalue weighted by Gasteiger charge is -2.49. The zero-order valence-electron chi connectivity index (χ0n) is 34.8. The van der Waals surface area contributed by atoms with Gasteiger partial charge in [0.15, 0.2) is 31.6 Å². The molecule has 0 aliphatic carbocycles. The largest absolute Gasteiger partial charge is 0.487 e. The summed E-state index contributed by atoms with van der Waals surface area (Å²) in [7, 11) is 1.20. The second kappa shape index (κ2) is 23.0. The molecule has 0 amide bonds. The van der Waals surface area contributed by atoms with E-state index in [1.54, 1.807) is 0 Å². The van der Waals surface area contributed by atoms with E-state index in [1.807, 2.05) is 0 Å². The first-order chi connectivity index (χ1) is 30.7. The van der Waals surface area contributed by atoms with Gasteiger partial charge in [0.05, 0.1) is 52.4 Å². The molecule has 26 unspecified atom stereocenters. The summed E-state index contributed by atoms with van der Waals surface area (Å²) in [6, 6.07) is -1.47. The first-order valence-electron chi connectivity index (χ1n) is 20.5. The molecule has 29 heteroatoms. The van der Waals surface area contributed by atoms with Gasteiger partial charge >= 0.3 is 5.97 Å². The van der Waals surface area contributed by atoms with E-state index in [-0.39, 0.29) is 0 Å². The van der Waals surface area contributed by atoms with Gasteiger partial charge in [-0.3, -0.25) is 0 Å². The van der Waals surface area contributed by atoms with Crippen LogP contribution in [0.2, 0.25) is 0 Å². The molecule has 0 aromatic heterocycles. The summed E-state index contributed by atoms with van der Waals surface area (Å²) in [4.78, 5) is 16.5. The van der Waals surface area contributed by atoms with Gasteiger partial charge in [-0.05, 0) is 0 Å². The first kappa shape index (κ1) is 53.9. The summed E-state index contributed by atoms with van der Waals surface area (Å²) in [6.07, 6.45) is -42.3. The molecule has 0 saturated carbocycles. The van der Waals surface area contributed by atoms with Crippen molar-refractivity contribution >= 4 is 12.4 Å². The van der Waals surface area contributed by atoms with Crippen molar-refractivity contribution in [2.24, 2.45) is 10.9 Å².